The minimum Gasteiger partial charge on any atom is -0.207 e. The van der Waals surface area contributed by atoms with Crippen molar-refractivity contribution >= 4 is 11.6 Å². The Bertz CT molecular complexity index is 675. The summed E-state index contributed by atoms with van der Waals surface area (Å²) in [4.78, 5) is 3.70. The molecule has 0 amide bonds. The van der Waals surface area contributed by atoms with Crippen LogP contribution >= 0.6 is 11.6 Å². The van der Waals surface area contributed by atoms with Crippen LogP contribution in [0.5, 0.6) is 0 Å². The van der Waals surface area contributed by atoms with Crippen LogP contribution in [0.15, 0.2) is 36.4 Å². The van der Waals surface area contributed by atoms with Crippen molar-refractivity contribution in [3.63, 3.8) is 0 Å². The highest BCUT2D eigenvalue weighted by Gasteiger charge is 2.22. The lowest BCUT2D eigenvalue weighted by Gasteiger charge is -2.29. The van der Waals surface area contributed by atoms with E-state index in [2.05, 4.69) is 24.0 Å². The van der Waals surface area contributed by atoms with Crippen molar-refractivity contribution in [1.29, 1.82) is 0 Å². The van der Waals surface area contributed by atoms with E-state index in [1.807, 2.05) is 12.1 Å². The highest BCUT2D eigenvalue weighted by Crippen LogP contribution is 2.38. The zero-order chi connectivity index (χ0) is 17.6. The lowest BCUT2D eigenvalue weighted by atomic mass is 9.77. The van der Waals surface area contributed by atoms with E-state index >= 15 is 0 Å². The number of hydrogen-bond donors (Lipinski definition) is 0. The molecule has 0 atom stereocenters. The maximum atomic E-state index is 14.0. The Kier molecular flexibility index (Phi) is 6.47. The van der Waals surface area contributed by atoms with Crippen molar-refractivity contribution < 1.29 is 4.39 Å². The van der Waals surface area contributed by atoms with Crippen molar-refractivity contribution in [2.75, 3.05) is 0 Å². The molecule has 0 radical (unpaired) electrons. The number of halogens is 2. The van der Waals surface area contributed by atoms with Crippen LogP contribution in [0.1, 0.15) is 69.8 Å². The van der Waals surface area contributed by atoms with Crippen molar-refractivity contribution in [1.82, 2.24) is 4.98 Å². The summed E-state index contributed by atoms with van der Waals surface area (Å²) in [5.74, 6) is 1.08. The summed E-state index contributed by atoms with van der Waals surface area (Å²) in [5.41, 5.74) is 2.76. The normalized spacial score (nSPS) is 20.6. The fraction of sp³-hybridized carbons (Fsp3) is 0.500. The molecule has 1 aromatic heterocycles. The largest absolute Gasteiger partial charge is 0.222 e. The Hall–Kier alpha value is -1.41. The molecule has 3 heteroatoms. The third-order valence-electron chi connectivity index (χ3n) is 5.57. The molecule has 1 heterocycles. The zero-order valence-corrected chi connectivity index (χ0v) is 15.7. The Morgan fingerprint density at radius 3 is 2.36 bits per heavy atom. The van der Waals surface area contributed by atoms with E-state index in [0.717, 1.165) is 11.5 Å². The molecule has 0 saturated heterocycles. The Morgan fingerprint density at radius 2 is 1.72 bits per heavy atom. The van der Waals surface area contributed by atoms with Gasteiger partial charge in [0.25, 0.3) is 0 Å². The molecule has 1 aliphatic carbocycles. The number of benzene rings is 1. The molecule has 0 N–H and O–H groups in total. The van der Waals surface area contributed by atoms with Gasteiger partial charge in [0.2, 0.25) is 5.95 Å². The van der Waals surface area contributed by atoms with Crippen LogP contribution in [-0.4, -0.2) is 4.98 Å². The first-order chi connectivity index (χ1) is 12.2. The molecule has 1 aliphatic rings. The lowest BCUT2D eigenvalue weighted by molar-refractivity contribution is 0.303. The van der Waals surface area contributed by atoms with Gasteiger partial charge >= 0.3 is 0 Å². The number of hydrogen-bond acceptors (Lipinski definition) is 1. The molecule has 0 aliphatic heterocycles. The van der Waals surface area contributed by atoms with Gasteiger partial charge in [0, 0.05) is 5.56 Å². The van der Waals surface area contributed by atoms with Crippen molar-refractivity contribution in [3.05, 3.63) is 53.1 Å². The van der Waals surface area contributed by atoms with Gasteiger partial charge < -0.3 is 0 Å². The van der Waals surface area contributed by atoms with Crippen LogP contribution in [-0.2, 0) is 0 Å². The molecule has 25 heavy (non-hydrogen) atoms. The quantitative estimate of drug-likeness (QED) is 0.387. The number of aromatic nitrogens is 1. The van der Waals surface area contributed by atoms with E-state index in [1.165, 1.54) is 56.9 Å². The van der Waals surface area contributed by atoms with Gasteiger partial charge in [-0.1, -0.05) is 68.5 Å². The Balaban J connectivity index is 1.60. The third-order valence-corrected chi connectivity index (χ3v) is 5.78. The van der Waals surface area contributed by atoms with Gasteiger partial charge in [-0.25, -0.2) is 4.98 Å². The van der Waals surface area contributed by atoms with Crippen molar-refractivity contribution in [2.45, 2.75) is 64.2 Å². The maximum Gasteiger partial charge on any atom is 0.222 e. The van der Waals surface area contributed by atoms with E-state index in [0.29, 0.717) is 11.5 Å². The maximum absolute atomic E-state index is 14.0. The molecular formula is C22H27ClFN. The average molecular weight is 360 g/mol. The van der Waals surface area contributed by atoms with Gasteiger partial charge in [-0.3, -0.25) is 0 Å². The highest BCUT2D eigenvalue weighted by atomic mass is 35.5. The molecule has 0 bridgehead atoms. The summed E-state index contributed by atoms with van der Waals surface area (Å²) >= 11 is 5.73. The van der Waals surface area contributed by atoms with Gasteiger partial charge in [0.05, 0.1) is 0 Å². The van der Waals surface area contributed by atoms with E-state index in [9.17, 15) is 4.39 Å². The summed E-state index contributed by atoms with van der Waals surface area (Å²) in [6.07, 6.45) is 10.8. The third kappa shape index (κ3) is 4.82. The minimum absolute atomic E-state index is 0.188. The zero-order valence-electron chi connectivity index (χ0n) is 15.0. The topological polar surface area (TPSA) is 12.9 Å². The smallest absolute Gasteiger partial charge is 0.207 e. The van der Waals surface area contributed by atoms with Crippen molar-refractivity contribution in [3.8, 4) is 11.1 Å². The fourth-order valence-electron chi connectivity index (χ4n) is 4.03. The fourth-order valence-corrected chi connectivity index (χ4v) is 4.17. The summed E-state index contributed by atoms with van der Waals surface area (Å²) < 4.78 is 14.0. The van der Waals surface area contributed by atoms with Gasteiger partial charge in [0.1, 0.15) is 5.15 Å². The van der Waals surface area contributed by atoms with E-state index < -0.39 is 5.95 Å². The van der Waals surface area contributed by atoms with Crippen molar-refractivity contribution in [2.24, 2.45) is 5.92 Å². The summed E-state index contributed by atoms with van der Waals surface area (Å²) in [5, 5.41) is 0.188. The summed E-state index contributed by atoms with van der Waals surface area (Å²) in [6.45, 7) is 2.27. The van der Waals surface area contributed by atoms with E-state index in [1.54, 1.807) is 12.1 Å². The van der Waals surface area contributed by atoms with Crippen LogP contribution in [0.25, 0.3) is 11.1 Å². The second kappa shape index (κ2) is 8.80. The minimum atomic E-state index is -0.507. The predicted octanol–water partition coefficient (Wildman–Crippen LogP) is 7.40. The molecule has 1 aromatic carbocycles. The first-order valence-electron chi connectivity index (χ1n) is 9.59. The molecule has 0 spiro atoms. The first-order valence-corrected chi connectivity index (χ1v) is 9.97. The van der Waals surface area contributed by atoms with Gasteiger partial charge in [-0.15, -0.1) is 0 Å². The molecule has 1 nitrogen and oxygen atoms in total. The number of nitrogens with zero attached hydrogens (tertiary/aromatic N) is 1. The van der Waals surface area contributed by atoms with E-state index in [-0.39, 0.29) is 5.15 Å². The molecule has 1 fully saturated rings. The summed E-state index contributed by atoms with van der Waals surface area (Å²) in [6, 6.07) is 11.7. The van der Waals surface area contributed by atoms with Crippen LogP contribution in [0, 0.1) is 11.9 Å². The molecule has 1 saturated carbocycles. The molecule has 2 aromatic rings. The van der Waals surface area contributed by atoms with E-state index in [4.69, 9.17) is 11.6 Å². The standard InChI is InChI=1S/C22H27ClFN/c1-2-3-4-5-16-6-8-17(9-7-16)18-10-12-19(13-11-18)20-14-15-21(23)25-22(20)24/h10-17H,2-9H2,1H3. The monoisotopic (exact) mass is 359 g/mol. The number of pyridine rings is 1. The van der Waals surface area contributed by atoms with Crippen LogP contribution in [0.4, 0.5) is 4.39 Å². The van der Waals surface area contributed by atoms with Gasteiger partial charge in [-0.05, 0) is 60.8 Å². The predicted molar refractivity (Wildman–Crippen MR) is 103 cm³/mol. The average Bonchev–Trinajstić information content (AvgIpc) is 2.63. The molecule has 3 rings (SSSR count). The van der Waals surface area contributed by atoms with Crippen LogP contribution < -0.4 is 0 Å². The van der Waals surface area contributed by atoms with Crippen LogP contribution in [0.2, 0.25) is 5.15 Å². The molecule has 134 valence electrons. The Labute approximate surface area is 155 Å². The molecular weight excluding hydrogens is 333 g/mol. The van der Waals surface area contributed by atoms with Crippen LogP contribution in [0.3, 0.4) is 0 Å². The lowest BCUT2D eigenvalue weighted by Crippen LogP contribution is -2.13. The number of unbranched alkanes of at least 4 members (excludes halogenated alkanes) is 2. The van der Waals surface area contributed by atoms with Gasteiger partial charge in [-0.2, -0.15) is 4.39 Å². The molecule has 0 unspecified atom stereocenters. The first kappa shape index (κ1) is 18.4. The second-order valence-corrected chi connectivity index (χ2v) is 7.70. The SMILES string of the molecule is CCCCCC1CCC(c2ccc(-c3ccc(Cl)nc3F)cc2)CC1. The van der Waals surface area contributed by atoms with Gasteiger partial charge in [0.15, 0.2) is 0 Å². The Morgan fingerprint density at radius 1 is 1.00 bits per heavy atom. The number of rotatable bonds is 6. The second-order valence-electron chi connectivity index (χ2n) is 7.31. The summed E-state index contributed by atoms with van der Waals surface area (Å²) in [7, 11) is 0. The highest BCUT2D eigenvalue weighted by molar-refractivity contribution is 6.29.